The van der Waals surface area contributed by atoms with Crippen molar-refractivity contribution in [1.82, 2.24) is 14.7 Å². The third-order valence-corrected chi connectivity index (χ3v) is 2.88. The van der Waals surface area contributed by atoms with E-state index in [0.29, 0.717) is 12.4 Å². The quantitative estimate of drug-likeness (QED) is 0.849. The highest BCUT2D eigenvalue weighted by molar-refractivity contribution is 5.91. The van der Waals surface area contributed by atoms with Crippen molar-refractivity contribution in [1.29, 1.82) is 0 Å². The van der Waals surface area contributed by atoms with Crippen LogP contribution in [0.4, 0.5) is 5.82 Å². The van der Waals surface area contributed by atoms with Crippen LogP contribution in [0.15, 0.2) is 12.3 Å². The van der Waals surface area contributed by atoms with Crippen LogP contribution in [0.1, 0.15) is 13.3 Å². The minimum atomic E-state index is -0.0252. The molecule has 1 fully saturated rings. The normalized spacial score (nSPS) is 21.6. The van der Waals surface area contributed by atoms with Gasteiger partial charge in [-0.05, 0) is 13.3 Å². The molecule has 0 aromatic carbocycles. The summed E-state index contributed by atoms with van der Waals surface area (Å²) in [6.07, 6.45) is 2.97. The molecule has 2 rings (SSSR count). The van der Waals surface area contributed by atoms with Crippen LogP contribution in [0.2, 0.25) is 0 Å². The predicted molar refractivity (Wildman–Crippen MR) is 68.3 cm³/mol. The monoisotopic (exact) mass is 252 g/mol. The van der Waals surface area contributed by atoms with Gasteiger partial charge in [-0.1, -0.05) is 0 Å². The zero-order chi connectivity index (χ0) is 13.0. The van der Waals surface area contributed by atoms with Gasteiger partial charge in [0, 0.05) is 39.0 Å². The van der Waals surface area contributed by atoms with Gasteiger partial charge in [-0.3, -0.25) is 14.4 Å². The first-order valence-corrected chi connectivity index (χ1v) is 6.27. The Morgan fingerprint density at radius 3 is 3.22 bits per heavy atom. The highest BCUT2D eigenvalue weighted by Gasteiger charge is 2.17. The average Bonchev–Trinajstić information content (AvgIpc) is 2.57. The van der Waals surface area contributed by atoms with E-state index in [0.717, 1.165) is 26.1 Å². The summed E-state index contributed by atoms with van der Waals surface area (Å²) in [6.45, 7) is 4.91. The van der Waals surface area contributed by atoms with Crippen molar-refractivity contribution in [2.24, 2.45) is 7.05 Å². The molecule has 1 unspecified atom stereocenters. The van der Waals surface area contributed by atoms with Crippen molar-refractivity contribution in [3.63, 3.8) is 0 Å². The zero-order valence-corrected chi connectivity index (χ0v) is 10.9. The van der Waals surface area contributed by atoms with Gasteiger partial charge in [-0.15, -0.1) is 0 Å². The first-order valence-electron chi connectivity index (χ1n) is 6.27. The van der Waals surface area contributed by atoms with Crippen LogP contribution < -0.4 is 5.32 Å². The van der Waals surface area contributed by atoms with Gasteiger partial charge < -0.3 is 10.1 Å². The summed E-state index contributed by atoms with van der Waals surface area (Å²) in [5, 5.41) is 6.91. The number of hydrogen-bond acceptors (Lipinski definition) is 4. The maximum absolute atomic E-state index is 11.9. The summed E-state index contributed by atoms with van der Waals surface area (Å²) in [7, 11) is 1.82. The Bertz CT molecular complexity index is 405. The lowest BCUT2D eigenvalue weighted by Gasteiger charge is -2.20. The van der Waals surface area contributed by atoms with Gasteiger partial charge in [0.1, 0.15) is 0 Å². The maximum Gasteiger partial charge on any atom is 0.239 e. The number of rotatable bonds is 3. The van der Waals surface area contributed by atoms with Crippen LogP contribution in [0.25, 0.3) is 0 Å². The first kappa shape index (κ1) is 13.0. The molecule has 1 aliphatic heterocycles. The standard InChI is InChI=1S/C12H20N4O2/c1-10-8-16(5-3-7-18-10)9-12(17)13-11-4-6-15(2)14-11/h4,6,10H,3,5,7-9H2,1-2H3,(H,13,14,17). The Labute approximate surface area is 107 Å². The molecule has 1 aromatic rings. The number of carbonyl (C=O) groups is 1. The number of carbonyl (C=O) groups excluding carboxylic acids is 1. The second-order valence-electron chi connectivity index (χ2n) is 4.69. The summed E-state index contributed by atoms with van der Waals surface area (Å²) < 4.78 is 7.21. The predicted octanol–water partition coefficient (Wildman–Crippen LogP) is 0.469. The highest BCUT2D eigenvalue weighted by atomic mass is 16.5. The second-order valence-corrected chi connectivity index (χ2v) is 4.69. The number of aromatic nitrogens is 2. The van der Waals surface area contributed by atoms with E-state index in [1.54, 1.807) is 16.9 Å². The summed E-state index contributed by atoms with van der Waals surface area (Å²) >= 11 is 0. The van der Waals surface area contributed by atoms with Crippen LogP contribution in [-0.2, 0) is 16.6 Å². The topological polar surface area (TPSA) is 59.4 Å². The molecular formula is C12H20N4O2. The Kier molecular flexibility index (Phi) is 4.33. The van der Waals surface area contributed by atoms with Crippen molar-refractivity contribution >= 4 is 11.7 Å². The molecule has 1 aromatic heterocycles. The van der Waals surface area contributed by atoms with Gasteiger partial charge in [-0.25, -0.2) is 0 Å². The number of anilines is 1. The molecule has 1 aliphatic rings. The van der Waals surface area contributed by atoms with Crippen LogP contribution >= 0.6 is 0 Å². The number of ether oxygens (including phenoxy) is 1. The van der Waals surface area contributed by atoms with Crippen LogP contribution in [0.3, 0.4) is 0 Å². The lowest BCUT2D eigenvalue weighted by molar-refractivity contribution is -0.117. The molecule has 0 radical (unpaired) electrons. The van der Waals surface area contributed by atoms with Crippen molar-refractivity contribution < 1.29 is 9.53 Å². The Morgan fingerprint density at radius 1 is 1.67 bits per heavy atom. The van der Waals surface area contributed by atoms with Gasteiger partial charge in [0.15, 0.2) is 5.82 Å². The third kappa shape index (κ3) is 3.82. The number of aryl methyl sites for hydroxylation is 1. The maximum atomic E-state index is 11.9. The first-order chi connectivity index (χ1) is 8.63. The molecular weight excluding hydrogens is 232 g/mol. The van der Waals surface area contributed by atoms with E-state index in [4.69, 9.17) is 4.74 Å². The fraction of sp³-hybridized carbons (Fsp3) is 0.667. The van der Waals surface area contributed by atoms with Crippen molar-refractivity contribution in [3.8, 4) is 0 Å². The van der Waals surface area contributed by atoms with Crippen molar-refractivity contribution in [3.05, 3.63) is 12.3 Å². The molecule has 6 heteroatoms. The molecule has 1 saturated heterocycles. The largest absolute Gasteiger partial charge is 0.377 e. The van der Waals surface area contributed by atoms with Gasteiger partial charge in [0.25, 0.3) is 0 Å². The summed E-state index contributed by atoms with van der Waals surface area (Å²) in [5.41, 5.74) is 0. The van der Waals surface area contributed by atoms with Gasteiger partial charge >= 0.3 is 0 Å². The van der Waals surface area contributed by atoms with Crippen LogP contribution in [0.5, 0.6) is 0 Å². The summed E-state index contributed by atoms with van der Waals surface area (Å²) in [5.74, 6) is 0.574. The van der Waals surface area contributed by atoms with E-state index in [1.807, 2.05) is 14.0 Å². The molecule has 0 bridgehead atoms. The van der Waals surface area contributed by atoms with E-state index in [2.05, 4.69) is 15.3 Å². The van der Waals surface area contributed by atoms with E-state index in [9.17, 15) is 4.79 Å². The van der Waals surface area contributed by atoms with Crippen LogP contribution in [-0.4, -0.2) is 52.9 Å². The van der Waals surface area contributed by atoms with E-state index in [-0.39, 0.29) is 12.0 Å². The number of nitrogens with one attached hydrogen (secondary N) is 1. The third-order valence-electron chi connectivity index (χ3n) is 2.88. The Morgan fingerprint density at radius 2 is 2.50 bits per heavy atom. The second kappa shape index (κ2) is 5.97. The van der Waals surface area contributed by atoms with E-state index >= 15 is 0 Å². The van der Waals surface area contributed by atoms with Crippen molar-refractivity contribution in [2.45, 2.75) is 19.4 Å². The molecule has 18 heavy (non-hydrogen) atoms. The molecule has 0 saturated carbocycles. The van der Waals surface area contributed by atoms with Crippen molar-refractivity contribution in [2.75, 3.05) is 31.6 Å². The number of nitrogens with zero attached hydrogens (tertiary/aromatic N) is 3. The van der Waals surface area contributed by atoms with E-state index < -0.39 is 0 Å². The van der Waals surface area contributed by atoms with Gasteiger partial charge in [0.2, 0.25) is 5.91 Å². The van der Waals surface area contributed by atoms with Gasteiger partial charge in [0.05, 0.1) is 12.6 Å². The average molecular weight is 252 g/mol. The minimum Gasteiger partial charge on any atom is -0.377 e. The fourth-order valence-corrected chi connectivity index (χ4v) is 2.09. The minimum absolute atomic E-state index is 0.0252. The lowest BCUT2D eigenvalue weighted by atomic mass is 10.3. The molecule has 1 amide bonds. The Hall–Kier alpha value is -1.40. The molecule has 1 N–H and O–H groups in total. The lowest BCUT2D eigenvalue weighted by Crippen LogP contribution is -2.37. The van der Waals surface area contributed by atoms with Gasteiger partial charge in [-0.2, -0.15) is 5.10 Å². The number of amides is 1. The molecule has 1 atom stereocenters. The SMILES string of the molecule is CC1CN(CC(=O)Nc2ccn(C)n2)CCCO1. The highest BCUT2D eigenvalue weighted by Crippen LogP contribution is 2.06. The fourth-order valence-electron chi connectivity index (χ4n) is 2.09. The molecule has 2 heterocycles. The van der Waals surface area contributed by atoms with Crippen LogP contribution in [0, 0.1) is 0 Å². The molecule has 0 spiro atoms. The summed E-state index contributed by atoms with van der Waals surface area (Å²) in [4.78, 5) is 14.0. The smallest absolute Gasteiger partial charge is 0.239 e. The summed E-state index contributed by atoms with van der Waals surface area (Å²) in [6, 6.07) is 1.78. The molecule has 100 valence electrons. The Balaban J connectivity index is 1.82. The van der Waals surface area contributed by atoms with E-state index in [1.165, 1.54) is 0 Å². The molecule has 6 nitrogen and oxygen atoms in total. The number of hydrogen-bond donors (Lipinski definition) is 1. The zero-order valence-electron chi connectivity index (χ0n) is 10.9. The molecule has 0 aliphatic carbocycles.